The maximum atomic E-state index is 11.6. The van der Waals surface area contributed by atoms with Crippen molar-refractivity contribution in [1.29, 1.82) is 0 Å². The minimum absolute atomic E-state index is 0.112. The second-order valence-corrected chi connectivity index (χ2v) is 3.27. The highest BCUT2D eigenvalue weighted by Crippen LogP contribution is 2.14. The van der Waals surface area contributed by atoms with Crippen LogP contribution >= 0.6 is 0 Å². The van der Waals surface area contributed by atoms with Gasteiger partial charge in [-0.3, -0.25) is 0 Å². The fourth-order valence-electron chi connectivity index (χ4n) is 0.876. The molecule has 3 nitrogen and oxygen atoms in total. The maximum absolute atomic E-state index is 11.6. The van der Waals surface area contributed by atoms with Crippen molar-refractivity contribution in [1.82, 2.24) is 5.32 Å². The lowest BCUT2D eigenvalue weighted by atomic mass is 10.4. The van der Waals surface area contributed by atoms with E-state index in [9.17, 15) is 13.2 Å². The summed E-state index contributed by atoms with van der Waals surface area (Å²) in [5.74, 6) is 0. The van der Waals surface area contributed by atoms with Gasteiger partial charge in [-0.15, -0.1) is 0 Å². The van der Waals surface area contributed by atoms with Crippen molar-refractivity contribution >= 4 is 0 Å². The summed E-state index contributed by atoms with van der Waals surface area (Å²) in [4.78, 5) is 0. The van der Waals surface area contributed by atoms with Gasteiger partial charge in [0.15, 0.2) is 0 Å². The van der Waals surface area contributed by atoms with Crippen molar-refractivity contribution in [2.24, 2.45) is 0 Å². The van der Waals surface area contributed by atoms with Crippen LogP contribution < -0.4 is 5.32 Å². The Morgan fingerprint density at radius 2 is 2.00 bits per heavy atom. The number of nitrogens with one attached hydrogen (secondary N) is 1. The first-order valence-corrected chi connectivity index (χ1v) is 4.83. The molecule has 0 bridgehead atoms. The molecular formula is C9H18F3NO2. The predicted molar refractivity (Wildman–Crippen MR) is 50.8 cm³/mol. The molecule has 0 fully saturated rings. The fraction of sp³-hybridized carbons (Fsp3) is 1.00. The standard InChI is InChI=1S/C9H18F3NO2/c1-8(14-2)6-13-4-3-5-15-7-9(10,11)12/h8,13H,3-7H2,1-2H3. The number of methoxy groups -OCH3 is 1. The van der Waals surface area contributed by atoms with E-state index in [1.165, 1.54) is 0 Å². The lowest BCUT2D eigenvalue weighted by Gasteiger charge is -2.11. The van der Waals surface area contributed by atoms with E-state index in [-0.39, 0.29) is 12.7 Å². The van der Waals surface area contributed by atoms with Gasteiger partial charge in [-0.2, -0.15) is 13.2 Å². The molecule has 1 atom stereocenters. The largest absolute Gasteiger partial charge is 0.411 e. The number of halogens is 3. The zero-order valence-electron chi connectivity index (χ0n) is 9.06. The van der Waals surface area contributed by atoms with Gasteiger partial charge >= 0.3 is 6.18 Å². The van der Waals surface area contributed by atoms with Gasteiger partial charge < -0.3 is 14.8 Å². The SMILES string of the molecule is COC(C)CNCCCOCC(F)(F)F. The third kappa shape index (κ3) is 11.6. The van der Waals surface area contributed by atoms with Crippen molar-refractivity contribution < 1.29 is 22.6 Å². The van der Waals surface area contributed by atoms with Gasteiger partial charge in [0.1, 0.15) is 6.61 Å². The van der Waals surface area contributed by atoms with Crippen molar-refractivity contribution in [3.8, 4) is 0 Å². The molecule has 15 heavy (non-hydrogen) atoms. The first-order valence-electron chi connectivity index (χ1n) is 4.83. The Labute approximate surface area is 87.9 Å². The lowest BCUT2D eigenvalue weighted by molar-refractivity contribution is -0.173. The van der Waals surface area contributed by atoms with E-state index < -0.39 is 12.8 Å². The Kier molecular flexibility index (Phi) is 7.72. The van der Waals surface area contributed by atoms with Crippen molar-refractivity contribution in [2.75, 3.05) is 33.4 Å². The number of hydrogen-bond donors (Lipinski definition) is 1. The van der Waals surface area contributed by atoms with Gasteiger partial charge in [0.25, 0.3) is 0 Å². The summed E-state index contributed by atoms with van der Waals surface area (Å²) in [6.45, 7) is 2.18. The third-order valence-electron chi connectivity index (χ3n) is 1.74. The summed E-state index contributed by atoms with van der Waals surface area (Å²) in [6.07, 6.45) is -3.55. The van der Waals surface area contributed by atoms with Crippen LogP contribution in [-0.2, 0) is 9.47 Å². The molecule has 0 aliphatic heterocycles. The predicted octanol–water partition coefficient (Wildman–Crippen LogP) is 1.58. The Hall–Kier alpha value is -0.330. The quantitative estimate of drug-likeness (QED) is 0.641. The van der Waals surface area contributed by atoms with Crippen molar-refractivity contribution in [3.05, 3.63) is 0 Å². The van der Waals surface area contributed by atoms with E-state index in [0.717, 1.165) is 0 Å². The highest BCUT2D eigenvalue weighted by atomic mass is 19.4. The van der Waals surface area contributed by atoms with Crippen LogP contribution in [0.4, 0.5) is 13.2 Å². The molecule has 0 rings (SSSR count). The Morgan fingerprint density at radius 1 is 1.33 bits per heavy atom. The highest BCUT2D eigenvalue weighted by molar-refractivity contribution is 4.54. The van der Waals surface area contributed by atoms with E-state index in [1.807, 2.05) is 6.92 Å². The molecule has 0 radical (unpaired) electrons. The van der Waals surface area contributed by atoms with Gasteiger partial charge in [0.2, 0.25) is 0 Å². The van der Waals surface area contributed by atoms with Crippen LogP contribution in [0.3, 0.4) is 0 Å². The number of rotatable bonds is 8. The normalized spacial score (nSPS) is 14.2. The Bertz CT molecular complexity index is 153. The smallest absolute Gasteiger partial charge is 0.380 e. The van der Waals surface area contributed by atoms with Crippen LogP contribution in [0, 0.1) is 0 Å². The van der Waals surface area contributed by atoms with Gasteiger partial charge in [0.05, 0.1) is 6.10 Å². The zero-order chi connectivity index (χ0) is 11.7. The molecule has 0 aromatic carbocycles. The number of ether oxygens (including phenoxy) is 2. The number of hydrogen-bond acceptors (Lipinski definition) is 3. The zero-order valence-corrected chi connectivity index (χ0v) is 9.06. The first-order chi connectivity index (χ1) is 6.95. The van der Waals surface area contributed by atoms with E-state index in [0.29, 0.717) is 19.5 Å². The average molecular weight is 229 g/mol. The first kappa shape index (κ1) is 14.7. The molecule has 0 aromatic rings. The monoisotopic (exact) mass is 229 g/mol. The van der Waals surface area contributed by atoms with Gasteiger partial charge in [-0.05, 0) is 19.9 Å². The van der Waals surface area contributed by atoms with Crippen LogP contribution in [0.5, 0.6) is 0 Å². The summed E-state index contributed by atoms with van der Waals surface area (Å²) in [6, 6.07) is 0. The summed E-state index contributed by atoms with van der Waals surface area (Å²) < 4.78 is 44.3. The minimum Gasteiger partial charge on any atom is -0.380 e. The second kappa shape index (κ2) is 7.90. The second-order valence-electron chi connectivity index (χ2n) is 3.27. The average Bonchev–Trinajstić information content (AvgIpc) is 2.14. The van der Waals surface area contributed by atoms with Crippen LogP contribution in [0.1, 0.15) is 13.3 Å². The van der Waals surface area contributed by atoms with Gasteiger partial charge in [-0.25, -0.2) is 0 Å². The molecule has 1 N–H and O–H groups in total. The fourth-order valence-corrected chi connectivity index (χ4v) is 0.876. The van der Waals surface area contributed by atoms with E-state index in [1.54, 1.807) is 7.11 Å². The van der Waals surface area contributed by atoms with Crippen molar-refractivity contribution in [2.45, 2.75) is 25.6 Å². The van der Waals surface area contributed by atoms with Crippen LogP contribution in [0.25, 0.3) is 0 Å². The molecular weight excluding hydrogens is 211 g/mol. The molecule has 0 aromatic heterocycles. The molecule has 0 spiro atoms. The molecule has 0 heterocycles. The number of alkyl halides is 3. The topological polar surface area (TPSA) is 30.5 Å². The van der Waals surface area contributed by atoms with Crippen LogP contribution in [-0.4, -0.2) is 45.7 Å². The maximum Gasteiger partial charge on any atom is 0.411 e. The van der Waals surface area contributed by atoms with Crippen LogP contribution in [0.2, 0.25) is 0 Å². The molecule has 92 valence electrons. The molecule has 1 unspecified atom stereocenters. The summed E-state index contributed by atoms with van der Waals surface area (Å²) in [5, 5.41) is 3.05. The Morgan fingerprint density at radius 3 is 2.53 bits per heavy atom. The van der Waals surface area contributed by atoms with E-state index in [2.05, 4.69) is 10.1 Å². The Balaban J connectivity index is 3.12. The third-order valence-corrected chi connectivity index (χ3v) is 1.74. The molecule has 0 amide bonds. The summed E-state index contributed by atoms with van der Waals surface area (Å²) >= 11 is 0. The molecule has 0 aliphatic rings. The molecule has 0 saturated carbocycles. The molecule has 6 heteroatoms. The van der Waals surface area contributed by atoms with E-state index >= 15 is 0 Å². The lowest BCUT2D eigenvalue weighted by Crippen LogP contribution is -2.27. The van der Waals surface area contributed by atoms with Gasteiger partial charge in [0, 0.05) is 20.3 Å². The highest BCUT2D eigenvalue weighted by Gasteiger charge is 2.27. The summed E-state index contributed by atoms with van der Waals surface area (Å²) in [5.41, 5.74) is 0. The molecule has 0 saturated heterocycles. The van der Waals surface area contributed by atoms with E-state index in [4.69, 9.17) is 4.74 Å². The summed E-state index contributed by atoms with van der Waals surface area (Å²) in [7, 11) is 1.61. The minimum atomic E-state index is -4.22. The van der Waals surface area contributed by atoms with Gasteiger partial charge in [-0.1, -0.05) is 0 Å². The molecule has 0 aliphatic carbocycles. The van der Waals surface area contributed by atoms with Crippen molar-refractivity contribution in [3.63, 3.8) is 0 Å². The van der Waals surface area contributed by atoms with Crippen LogP contribution in [0.15, 0.2) is 0 Å².